The summed E-state index contributed by atoms with van der Waals surface area (Å²) in [5, 5.41) is 12.3. The number of hydrogen-bond acceptors (Lipinski definition) is 6. The average molecular weight is 392 g/mol. The van der Waals surface area contributed by atoms with Gasteiger partial charge in [0, 0.05) is 23.2 Å². The Balaban J connectivity index is 0.000000755. The number of hydrogen-bond donors (Lipinski definition) is 1. The van der Waals surface area contributed by atoms with Crippen molar-refractivity contribution in [2.24, 2.45) is 0 Å². The largest absolute Gasteiger partial charge is 0.493 e. The molecule has 8 nitrogen and oxygen atoms in total. The van der Waals surface area contributed by atoms with Gasteiger partial charge in [-0.15, -0.1) is 0 Å². The van der Waals surface area contributed by atoms with Crippen LogP contribution in [0.4, 0.5) is 0 Å². The third-order valence-electron chi connectivity index (χ3n) is 4.23. The van der Waals surface area contributed by atoms with E-state index < -0.39 is 0 Å². The Morgan fingerprint density at radius 2 is 1.76 bits per heavy atom. The first-order chi connectivity index (χ1) is 14.2. The van der Waals surface area contributed by atoms with E-state index in [4.69, 9.17) is 19.4 Å². The summed E-state index contributed by atoms with van der Waals surface area (Å²) in [6, 6.07) is 14.0. The van der Waals surface area contributed by atoms with Crippen molar-refractivity contribution in [3.63, 3.8) is 0 Å². The van der Waals surface area contributed by atoms with Gasteiger partial charge >= 0.3 is 0 Å². The summed E-state index contributed by atoms with van der Waals surface area (Å²) in [5.74, 6) is 1.29. The van der Waals surface area contributed by atoms with Crippen molar-refractivity contribution < 1.29 is 19.4 Å². The van der Waals surface area contributed by atoms with Crippen molar-refractivity contribution in [2.75, 3.05) is 14.2 Å². The molecular formula is C21H20N4O4. The minimum absolute atomic E-state index is 0.250. The Labute approximate surface area is 167 Å². The predicted octanol–water partition coefficient (Wildman–Crippen LogP) is 3.26. The summed E-state index contributed by atoms with van der Waals surface area (Å²) in [7, 11) is 3.23. The molecule has 2 heterocycles. The third kappa shape index (κ3) is 4.49. The number of carboxylic acid groups (broad SMARTS) is 1. The molecule has 2 aromatic heterocycles. The van der Waals surface area contributed by atoms with E-state index in [1.165, 1.54) is 5.56 Å². The van der Waals surface area contributed by atoms with Crippen LogP contribution in [0.1, 0.15) is 5.56 Å². The molecule has 148 valence electrons. The number of aromatic nitrogens is 4. The molecule has 0 bridgehead atoms. The van der Waals surface area contributed by atoms with Crippen molar-refractivity contribution in [2.45, 2.75) is 6.54 Å². The monoisotopic (exact) mass is 392 g/mol. The van der Waals surface area contributed by atoms with Gasteiger partial charge in [-0.25, -0.2) is 9.97 Å². The number of methoxy groups -OCH3 is 2. The van der Waals surface area contributed by atoms with Gasteiger partial charge in [0.15, 0.2) is 11.5 Å². The molecular weight excluding hydrogens is 372 g/mol. The Hall–Kier alpha value is -3.94. The molecule has 29 heavy (non-hydrogen) atoms. The van der Waals surface area contributed by atoms with Crippen molar-refractivity contribution in [1.29, 1.82) is 0 Å². The molecule has 4 aromatic rings. The molecule has 0 aliphatic carbocycles. The second-order valence-electron chi connectivity index (χ2n) is 5.96. The van der Waals surface area contributed by atoms with Crippen LogP contribution < -0.4 is 9.47 Å². The van der Waals surface area contributed by atoms with Crippen molar-refractivity contribution in [3.05, 3.63) is 66.7 Å². The summed E-state index contributed by atoms with van der Waals surface area (Å²) in [6.45, 7) is 0.459. The molecule has 4 rings (SSSR count). The summed E-state index contributed by atoms with van der Waals surface area (Å²) in [6.07, 6.45) is 5.37. The molecule has 0 spiro atoms. The molecule has 8 heteroatoms. The van der Waals surface area contributed by atoms with Gasteiger partial charge in [-0.05, 0) is 11.6 Å². The van der Waals surface area contributed by atoms with Gasteiger partial charge in [-0.1, -0.05) is 30.3 Å². The Bertz CT molecular complexity index is 1100. The molecule has 2 aromatic carbocycles. The zero-order chi connectivity index (χ0) is 20.6. The Kier molecular flexibility index (Phi) is 6.36. The number of carbonyl (C=O) groups is 1. The lowest BCUT2D eigenvalue weighted by atomic mass is 10.1. The van der Waals surface area contributed by atoms with Crippen molar-refractivity contribution in [1.82, 2.24) is 19.7 Å². The van der Waals surface area contributed by atoms with Crippen LogP contribution in [0.15, 0.2) is 61.2 Å². The summed E-state index contributed by atoms with van der Waals surface area (Å²) in [4.78, 5) is 17.2. The van der Waals surface area contributed by atoms with E-state index in [1.807, 2.05) is 47.4 Å². The molecule has 0 amide bonds. The molecule has 1 N–H and O–H groups in total. The molecule has 0 aliphatic rings. The number of nitrogens with zero attached hydrogens (tertiary/aromatic N) is 4. The SMILES string of the molecule is COc1cc2ncnc(-c3cnn(Cc4ccccc4)c3)c2cc1OC.O=CO. The first-order valence-corrected chi connectivity index (χ1v) is 8.71. The molecule has 0 fully saturated rings. The lowest BCUT2D eigenvalue weighted by Crippen LogP contribution is -1.99. The maximum atomic E-state index is 8.36. The summed E-state index contributed by atoms with van der Waals surface area (Å²) < 4.78 is 12.7. The lowest BCUT2D eigenvalue weighted by Gasteiger charge is -2.10. The molecule has 0 atom stereocenters. The second-order valence-corrected chi connectivity index (χ2v) is 5.96. The summed E-state index contributed by atoms with van der Waals surface area (Å²) in [5.41, 5.74) is 3.74. The van der Waals surface area contributed by atoms with Crippen LogP contribution in [-0.4, -0.2) is 45.5 Å². The van der Waals surface area contributed by atoms with Gasteiger partial charge in [0.25, 0.3) is 6.47 Å². The first-order valence-electron chi connectivity index (χ1n) is 8.71. The fourth-order valence-electron chi connectivity index (χ4n) is 2.96. The van der Waals surface area contributed by atoms with E-state index in [0.29, 0.717) is 18.0 Å². The third-order valence-corrected chi connectivity index (χ3v) is 4.23. The van der Waals surface area contributed by atoms with E-state index in [0.717, 1.165) is 22.2 Å². The number of fused-ring (bicyclic) bond motifs is 1. The zero-order valence-corrected chi connectivity index (χ0v) is 16.0. The number of rotatable bonds is 5. The number of benzene rings is 2. The topological polar surface area (TPSA) is 99.4 Å². The van der Waals surface area contributed by atoms with Gasteiger partial charge in [0.2, 0.25) is 0 Å². The van der Waals surface area contributed by atoms with Crippen molar-refractivity contribution in [3.8, 4) is 22.8 Å². The lowest BCUT2D eigenvalue weighted by molar-refractivity contribution is -0.122. The fraction of sp³-hybridized carbons (Fsp3) is 0.143. The standard InChI is InChI=1S/C20H18N4O2.CH2O2/c1-25-18-8-16-17(9-19(18)26-2)21-13-22-20(16)15-10-23-24(12-15)11-14-6-4-3-5-7-14;2-1-3/h3-10,12-13H,11H2,1-2H3;1H,(H,2,3). The molecule has 0 radical (unpaired) electrons. The van der Waals surface area contributed by atoms with Crippen LogP contribution >= 0.6 is 0 Å². The van der Waals surface area contributed by atoms with Gasteiger partial charge in [-0.3, -0.25) is 9.48 Å². The molecule has 0 saturated carbocycles. The normalized spacial score (nSPS) is 10.1. The number of ether oxygens (including phenoxy) is 2. The Morgan fingerprint density at radius 1 is 1.07 bits per heavy atom. The highest BCUT2D eigenvalue weighted by Crippen LogP contribution is 2.34. The van der Waals surface area contributed by atoms with Crippen LogP contribution in [0.25, 0.3) is 22.2 Å². The van der Waals surface area contributed by atoms with E-state index >= 15 is 0 Å². The van der Waals surface area contributed by atoms with Gasteiger partial charge in [0.1, 0.15) is 6.33 Å². The van der Waals surface area contributed by atoms with Crippen molar-refractivity contribution >= 4 is 17.4 Å². The fourth-order valence-corrected chi connectivity index (χ4v) is 2.96. The predicted molar refractivity (Wildman–Crippen MR) is 108 cm³/mol. The minimum Gasteiger partial charge on any atom is -0.493 e. The van der Waals surface area contributed by atoms with Gasteiger partial charge < -0.3 is 14.6 Å². The van der Waals surface area contributed by atoms with E-state index in [-0.39, 0.29) is 6.47 Å². The second kappa shape index (κ2) is 9.32. The summed E-state index contributed by atoms with van der Waals surface area (Å²) >= 11 is 0. The van der Waals surface area contributed by atoms with Crippen LogP contribution in [0.5, 0.6) is 11.5 Å². The van der Waals surface area contributed by atoms with Crippen LogP contribution in [0.2, 0.25) is 0 Å². The molecule has 0 aliphatic heterocycles. The van der Waals surface area contributed by atoms with Crippen LogP contribution in [0.3, 0.4) is 0 Å². The minimum atomic E-state index is -0.250. The van der Waals surface area contributed by atoms with Gasteiger partial charge in [-0.2, -0.15) is 5.10 Å². The first kappa shape index (κ1) is 19.8. The highest BCUT2D eigenvalue weighted by Gasteiger charge is 2.13. The molecule has 0 unspecified atom stereocenters. The van der Waals surface area contributed by atoms with E-state index in [9.17, 15) is 0 Å². The highest BCUT2D eigenvalue weighted by molar-refractivity contribution is 5.94. The van der Waals surface area contributed by atoms with Gasteiger partial charge in [0.05, 0.1) is 38.2 Å². The molecule has 0 saturated heterocycles. The van der Waals surface area contributed by atoms with Crippen LogP contribution in [0, 0.1) is 0 Å². The maximum Gasteiger partial charge on any atom is 0.290 e. The highest BCUT2D eigenvalue weighted by atomic mass is 16.5. The average Bonchev–Trinajstić information content (AvgIpc) is 3.21. The maximum absolute atomic E-state index is 8.36. The zero-order valence-electron chi connectivity index (χ0n) is 16.0. The Morgan fingerprint density at radius 3 is 2.45 bits per heavy atom. The smallest absolute Gasteiger partial charge is 0.290 e. The van der Waals surface area contributed by atoms with Crippen LogP contribution in [-0.2, 0) is 11.3 Å². The van der Waals surface area contributed by atoms with E-state index in [2.05, 4.69) is 27.2 Å². The van der Waals surface area contributed by atoms with E-state index in [1.54, 1.807) is 20.5 Å². The quantitative estimate of drug-likeness (QED) is 0.520.